The van der Waals surface area contributed by atoms with E-state index in [0.29, 0.717) is 6.04 Å². The second-order valence-electron chi connectivity index (χ2n) is 7.65. The van der Waals surface area contributed by atoms with E-state index in [1.807, 2.05) is 43.3 Å². The van der Waals surface area contributed by atoms with Crippen molar-refractivity contribution in [2.24, 2.45) is 0 Å². The number of amides is 1. The number of carbonyl (C=O) groups is 1. The molecule has 1 unspecified atom stereocenters. The van der Waals surface area contributed by atoms with Crippen molar-refractivity contribution in [2.75, 3.05) is 12.4 Å². The Balaban J connectivity index is 1.46. The van der Waals surface area contributed by atoms with E-state index in [1.165, 1.54) is 28.7 Å². The number of rotatable bonds is 7. The van der Waals surface area contributed by atoms with E-state index in [2.05, 4.69) is 35.6 Å². The Hall–Kier alpha value is -2.85. The van der Waals surface area contributed by atoms with Crippen LogP contribution >= 0.6 is 0 Å². The van der Waals surface area contributed by atoms with Crippen molar-refractivity contribution in [3.63, 3.8) is 0 Å². The van der Waals surface area contributed by atoms with Crippen LogP contribution in [-0.4, -0.2) is 25.1 Å². The molecule has 0 aromatic heterocycles. The molecule has 0 heterocycles. The van der Waals surface area contributed by atoms with E-state index in [-0.39, 0.29) is 11.9 Å². The minimum atomic E-state index is -0.110. The highest BCUT2D eigenvalue weighted by Gasteiger charge is 2.39. The molecule has 28 heavy (non-hydrogen) atoms. The van der Waals surface area contributed by atoms with Gasteiger partial charge < -0.3 is 15.0 Å². The maximum atomic E-state index is 13.0. The zero-order valence-electron chi connectivity index (χ0n) is 16.4. The summed E-state index contributed by atoms with van der Waals surface area (Å²) in [6, 6.07) is 22.9. The minimum Gasteiger partial charge on any atom is -0.497 e. The summed E-state index contributed by atoms with van der Waals surface area (Å²) in [5.41, 5.74) is 2.09. The van der Waals surface area contributed by atoms with Gasteiger partial charge in [0.1, 0.15) is 12.3 Å². The van der Waals surface area contributed by atoms with Gasteiger partial charge in [-0.1, -0.05) is 30.3 Å². The molecule has 0 bridgehead atoms. The molecule has 0 aliphatic heterocycles. The third kappa shape index (κ3) is 4.18. The van der Waals surface area contributed by atoms with Crippen molar-refractivity contribution in [3.05, 3.63) is 72.3 Å². The molecule has 4 heteroatoms. The Labute approximate surface area is 166 Å². The molecule has 3 aromatic rings. The maximum Gasteiger partial charge on any atom is 0.282 e. The number of quaternary nitrogens is 1. The van der Waals surface area contributed by atoms with Gasteiger partial charge >= 0.3 is 0 Å². The molecular formula is C24H27N2O2+. The molecule has 4 rings (SSSR count). The zero-order chi connectivity index (χ0) is 19.5. The lowest BCUT2D eigenvalue weighted by atomic mass is 10.1. The van der Waals surface area contributed by atoms with Crippen molar-refractivity contribution in [1.82, 2.24) is 0 Å². The molecule has 1 fully saturated rings. The summed E-state index contributed by atoms with van der Waals surface area (Å²) >= 11 is 0. The first-order valence-electron chi connectivity index (χ1n) is 9.92. The monoisotopic (exact) mass is 375 g/mol. The number of ether oxygens (including phenoxy) is 1. The Bertz CT molecular complexity index is 964. The van der Waals surface area contributed by atoms with Gasteiger partial charge in [-0.3, -0.25) is 4.79 Å². The number of hydrogen-bond donors (Lipinski definition) is 2. The van der Waals surface area contributed by atoms with Crippen LogP contribution in [0.2, 0.25) is 0 Å². The van der Waals surface area contributed by atoms with Crippen molar-refractivity contribution >= 4 is 22.4 Å². The second-order valence-corrected chi connectivity index (χ2v) is 7.65. The number of carbonyl (C=O) groups excluding carboxylic acids is 1. The smallest absolute Gasteiger partial charge is 0.282 e. The second kappa shape index (κ2) is 8.03. The molecule has 0 radical (unpaired) electrons. The quantitative estimate of drug-likeness (QED) is 0.664. The molecule has 1 aliphatic rings. The van der Waals surface area contributed by atoms with Gasteiger partial charge in [-0.25, -0.2) is 0 Å². The number of benzene rings is 3. The van der Waals surface area contributed by atoms with Crippen LogP contribution in [0.15, 0.2) is 66.7 Å². The van der Waals surface area contributed by atoms with Gasteiger partial charge in [0.05, 0.1) is 13.2 Å². The summed E-state index contributed by atoms with van der Waals surface area (Å²) in [5.74, 6) is 0.935. The van der Waals surface area contributed by atoms with Crippen molar-refractivity contribution in [1.29, 1.82) is 0 Å². The summed E-state index contributed by atoms with van der Waals surface area (Å²) in [7, 11) is 1.68. The van der Waals surface area contributed by atoms with E-state index < -0.39 is 0 Å². The number of methoxy groups -OCH3 is 1. The lowest BCUT2D eigenvalue weighted by Crippen LogP contribution is -3.16. The van der Waals surface area contributed by atoms with Crippen molar-refractivity contribution in [3.8, 4) is 5.75 Å². The van der Waals surface area contributed by atoms with Gasteiger partial charge in [-0.2, -0.15) is 0 Å². The summed E-state index contributed by atoms with van der Waals surface area (Å²) in [6.07, 6.45) is 2.39. The Morgan fingerprint density at radius 2 is 1.79 bits per heavy atom. The van der Waals surface area contributed by atoms with Crippen LogP contribution in [0, 0.1) is 0 Å². The number of hydrogen-bond acceptors (Lipinski definition) is 2. The van der Waals surface area contributed by atoms with Gasteiger partial charge in [0.2, 0.25) is 0 Å². The highest BCUT2D eigenvalue weighted by molar-refractivity contribution is 5.96. The first-order valence-corrected chi connectivity index (χ1v) is 9.92. The van der Waals surface area contributed by atoms with Crippen molar-refractivity contribution < 1.29 is 14.4 Å². The first kappa shape index (κ1) is 18.5. The van der Waals surface area contributed by atoms with Crippen LogP contribution < -0.4 is 15.0 Å². The highest BCUT2D eigenvalue weighted by Crippen LogP contribution is 2.20. The van der Waals surface area contributed by atoms with Gasteiger partial charge in [-0.05, 0) is 54.1 Å². The molecule has 2 N–H and O–H groups in total. The van der Waals surface area contributed by atoms with E-state index in [9.17, 15) is 4.79 Å². The number of anilines is 1. The fourth-order valence-electron chi connectivity index (χ4n) is 3.77. The van der Waals surface area contributed by atoms with E-state index in [1.54, 1.807) is 7.11 Å². The van der Waals surface area contributed by atoms with Crippen LogP contribution in [0.3, 0.4) is 0 Å². The lowest BCUT2D eigenvalue weighted by Gasteiger charge is -2.25. The average molecular weight is 375 g/mol. The SMILES string of the molecule is COc1ccc(C[NH+](C2CC2)[C@H](C)C(=O)Nc2ccc3ccccc3c2)cc1. The number of nitrogens with one attached hydrogen (secondary N) is 2. The largest absolute Gasteiger partial charge is 0.497 e. The van der Waals surface area contributed by atoms with E-state index in [0.717, 1.165) is 23.4 Å². The first-order chi connectivity index (χ1) is 13.6. The van der Waals surface area contributed by atoms with E-state index in [4.69, 9.17) is 4.74 Å². The third-order valence-electron chi connectivity index (χ3n) is 5.64. The van der Waals surface area contributed by atoms with Gasteiger partial charge in [0.15, 0.2) is 6.04 Å². The summed E-state index contributed by atoms with van der Waals surface area (Å²) in [6.45, 7) is 2.88. The molecule has 0 saturated heterocycles. The predicted molar refractivity (Wildman–Crippen MR) is 113 cm³/mol. The Morgan fingerprint density at radius 3 is 2.46 bits per heavy atom. The predicted octanol–water partition coefficient (Wildman–Crippen LogP) is 3.42. The molecule has 2 atom stereocenters. The topological polar surface area (TPSA) is 42.8 Å². The standard InChI is InChI=1S/C24H26N2O2/c1-17(24(27)25-21-10-9-19-5-3-4-6-20(19)15-21)26(22-11-12-22)16-18-7-13-23(28-2)14-8-18/h3-10,13-15,17,22H,11-12,16H2,1-2H3,(H,25,27)/p+1/t17-/m1/s1. The van der Waals surface area contributed by atoms with Gasteiger partial charge in [0, 0.05) is 24.1 Å². The van der Waals surface area contributed by atoms with Crippen molar-refractivity contribution in [2.45, 2.75) is 38.4 Å². The maximum absolute atomic E-state index is 13.0. The van der Waals surface area contributed by atoms with Crippen LogP contribution in [0.4, 0.5) is 5.69 Å². The van der Waals surface area contributed by atoms with Crippen LogP contribution in [0.25, 0.3) is 10.8 Å². The summed E-state index contributed by atoms with van der Waals surface area (Å²) in [5, 5.41) is 5.44. The third-order valence-corrected chi connectivity index (χ3v) is 5.64. The fourth-order valence-corrected chi connectivity index (χ4v) is 3.77. The Kier molecular flexibility index (Phi) is 5.31. The summed E-state index contributed by atoms with van der Waals surface area (Å²) < 4.78 is 5.25. The normalized spacial score (nSPS) is 15.8. The molecular weight excluding hydrogens is 348 g/mol. The zero-order valence-corrected chi connectivity index (χ0v) is 16.4. The molecule has 3 aromatic carbocycles. The molecule has 1 amide bonds. The minimum absolute atomic E-state index is 0.0747. The van der Waals surface area contributed by atoms with Gasteiger partial charge in [-0.15, -0.1) is 0 Å². The lowest BCUT2D eigenvalue weighted by molar-refractivity contribution is -0.938. The molecule has 0 spiro atoms. The number of fused-ring (bicyclic) bond motifs is 1. The molecule has 1 saturated carbocycles. The average Bonchev–Trinajstić information content (AvgIpc) is 3.57. The van der Waals surface area contributed by atoms with Crippen LogP contribution in [0.5, 0.6) is 5.75 Å². The molecule has 4 nitrogen and oxygen atoms in total. The molecule has 1 aliphatic carbocycles. The van der Waals surface area contributed by atoms with Crippen LogP contribution in [-0.2, 0) is 11.3 Å². The fraction of sp³-hybridized carbons (Fsp3) is 0.292. The Morgan fingerprint density at radius 1 is 1.07 bits per heavy atom. The summed E-state index contributed by atoms with van der Waals surface area (Å²) in [4.78, 5) is 14.3. The molecule has 144 valence electrons. The highest BCUT2D eigenvalue weighted by atomic mass is 16.5. The van der Waals surface area contributed by atoms with E-state index >= 15 is 0 Å². The van der Waals surface area contributed by atoms with Gasteiger partial charge in [0.25, 0.3) is 5.91 Å². The van der Waals surface area contributed by atoms with Crippen LogP contribution in [0.1, 0.15) is 25.3 Å².